The van der Waals surface area contributed by atoms with Gasteiger partial charge in [-0.25, -0.2) is 35.1 Å². The van der Waals surface area contributed by atoms with Crippen LogP contribution in [0.25, 0.3) is 0 Å². The van der Waals surface area contributed by atoms with Crippen LogP contribution in [0.5, 0.6) is 0 Å². The Morgan fingerprint density at radius 2 is 0.759 bits per heavy atom. The van der Waals surface area contributed by atoms with Crippen molar-refractivity contribution in [2.45, 2.75) is 47.6 Å². The van der Waals surface area contributed by atoms with Gasteiger partial charge in [-0.1, -0.05) is 157 Å². The van der Waals surface area contributed by atoms with Crippen LogP contribution in [0, 0.1) is 13.8 Å². The molecule has 58 heavy (non-hydrogen) atoms. The summed E-state index contributed by atoms with van der Waals surface area (Å²) in [5.74, 6) is -3.08. The highest BCUT2D eigenvalue weighted by Gasteiger charge is 2.33. The van der Waals surface area contributed by atoms with Crippen LogP contribution in [-0.2, 0) is 20.0 Å². The van der Waals surface area contributed by atoms with Crippen LogP contribution in [-0.4, -0.2) is 16.8 Å². The first kappa shape index (κ1) is 44.2. The Balaban J connectivity index is 0.000000221. The zero-order valence-electron chi connectivity index (χ0n) is 31.7. The maximum absolute atomic E-state index is 14.6. The second-order valence-corrected chi connectivity index (χ2v) is 17.9. The summed E-state index contributed by atoms with van der Waals surface area (Å²) in [4.78, 5) is 0.219. The van der Waals surface area contributed by atoms with Crippen molar-refractivity contribution in [1.82, 2.24) is 9.44 Å². The summed E-state index contributed by atoms with van der Waals surface area (Å²) in [7, 11) is -7.82. The summed E-state index contributed by atoms with van der Waals surface area (Å²) >= 11 is 12.0. The lowest BCUT2D eigenvalue weighted by Crippen LogP contribution is -2.33. The Morgan fingerprint density at radius 1 is 0.466 bits per heavy atom. The predicted molar refractivity (Wildman–Crippen MR) is 230 cm³/mol. The molecule has 4 atom stereocenters. The van der Waals surface area contributed by atoms with Gasteiger partial charge in [0.15, 0.2) is 0 Å². The molecule has 0 heterocycles. The number of halogens is 4. The van der Waals surface area contributed by atoms with Crippen LogP contribution >= 0.6 is 23.2 Å². The van der Waals surface area contributed by atoms with E-state index in [4.69, 9.17) is 23.2 Å². The fourth-order valence-corrected chi connectivity index (χ4v) is 9.06. The van der Waals surface area contributed by atoms with E-state index in [0.29, 0.717) is 32.3 Å². The molecule has 0 aliphatic heterocycles. The molecule has 0 fully saturated rings. The molecule has 0 bridgehead atoms. The van der Waals surface area contributed by atoms with Crippen molar-refractivity contribution in [1.29, 1.82) is 0 Å². The Bertz CT molecular complexity index is 2340. The second kappa shape index (κ2) is 19.7. The Kier molecular flexibility index (Phi) is 15.0. The Hall–Kier alpha value is -4.94. The number of aryl methyl sites for hydroxylation is 2. The summed E-state index contributed by atoms with van der Waals surface area (Å²) < 4.78 is 86.9. The highest BCUT2D eigenvalue weighted by molar-refractivity contribution is 7.89. The van der Waals surface area contributed by atoms with Gasteiger partial charge in [0.05, 0.1) is 33.7 Å². The van der Waals surface area contributed by atoms with E-state index < -0.39 is 55.6 Å². The molecule has 0 saturated heterocycles. The van der Waals surface area contributed by atoms with Crippen LogP contribution in [0.15, 0.2) is 192 Å². The lowest BCUT2D eigenvalue weighted by molar-refractivity contribution is 0.460. The molecule has 0 spiro atoms. The predicted octanol–water partition coefficient (Wildman–Crippen LogP) is 11.9. The van der Waals surface area contributed by atoms with E-state index in [0.717, 1.165) is 11.1 Å². The number of rotatable bonds is 14. The molecule has 0 radical (unpaired) electrons. The van der Waals surface area contributed by atoms with Crippen molar-refractivity contribution < 1.29 is 25.6 Å². The largest absolute Gasteiger partial charge is 0.241 e. The monoisotopic (exact) mass is 858 g/mol. The fourth-order valence-electron chi connectivity index (χ4n) is 6.33. The number of benzene rings is 6. The molecule has 0 amide bonds. The smallest absolute Gasteiger partial charge is 0.212 e. The first-order chi connectivity index (χ1) is 27.6. The molecule has 0 saturated carbocycles. The standard InChI is InChI=1S/2C23H21ClFNO2S/c2*1-16-8-14-21(15-9-16)29(27,28)26-23(19-10-12-20(24)13-11-19)22(17(2)25)18-6-4-3-5-7-18/h2*3-15,22-23,26H,2H2,1H3/t2*22-,23+/m10/s1. The van der Waals surface area contributed by atoms with Crippen LogP contribution in [0.4, 0.5) is 8.78 Å². The summed E-state index contributed by atoms with van der Waals surface area (Å²) in [5.41, 5.74) is 4.28. The van der Waals surface area contributed by atoms with Gasteiger partial charge < -0.3 is 0 Å². The molecule has 6 aromatic rings. The lowest BCUT2D eigenvalue weighted by atomic mass is 9.87. The van der Waals surface area contributed by atoms with E-state index in [1.165, 1.54) is 24.3 Å². The molecule has 6 rings (SSSR count). The molecular weight excluding hydrogens is 818 g/mol. The van der Waals surface area contributed by atoms with Crippen molar-refractivity contribution >= 4 is 43.2 Å². The average Bonchev–Trinajstić information content (AvgIpc) is 3.19. The van der Waals surface area contributed by atoms with Crippen molar-refractivity contribution in [3.05, 3.63) is 226 Å². The number of hydrogen-bond acceptors (Lipinski definition) is 4. The number of hydrogen-bond donors (Lipinski definition) is 2. The molecule has 6 nitrogen and oxygen atoms in total. The van der Waals surface area contributed by atoms with E-state index in [2.05, 4.69) is 22.6 Å². The van der Waals surface area contributed by atoms with Gasteiger partial charge in [0, 0.05) is 10.0 Å². The van der Waals surface area contributed by atoms with Crippen LogP contribution in [0.3, 0.4) is 0 Å². The highest BCUT2D eigenvalue weighted by Crippen LogP contribution is 2.40. The molecule has 6 aromatic carbocycles. The molecule has 0 unspecified atom stereocenters. The minimum Gasteiger partial charge on any atom is -0.212 e. The first-order valence-corrected chi connectivity index (χ1v) is 21.8. The van der Waals surface area contributed by atoms with Crippen molar-refractivity contribution in [2.24, 2.45) is 0 Å². The van der Waals surface area contributed by atoms with E-state index in [1.54, 1.807) is 121 Å². The minimum atomic E-state index is -3.91. The Labute approximate surface area is 350 Å². The fraction of sp³-hybridized carbons (Fsp3) is 0.130. The highest BCUT2D eigenvalue weighted by atomic mass is 35.5. The van der Waals surface area contributed by atoms with Gasteiger partial charge in [0.2, 0.25) is 20.0 Å². The summed E-state index contributed by atoms with van der Waals surface area (Å²) in [6.07, 6.45) is 0. The molecule has 2 N–H and O–H groups in total. The molecule has 300 valence electrons. The first-order valence-electron chi connectivity index (χ1n) is 18.0. The SMILES string of the molecule is C=C(F)[C@@H](c1ccccc1)[C@H](NS(=O)(=O)c1ccc(C)cc1)c1ccc(Cl)cc1.C=C(F)[C@H](c1ccccc1)[C@@H](NS(=O)(=O)c1ccc(C)cc1)c1ccc(Cl)cc1. The van der Waals surface area contributed by atoms with E-state index >= 15 is 0 Å². The van der Waals surface area contributed by atoms with Gasteiger partial charge in [0.25, 0.3) is 0 Å². The van der Waals surface area contributed by atoms with E-state index in [1.807, 2.05) is 26.0 Å². The van der Waals surface area contributed by atoms with Gasteiger partial charge in [-0.15, -0.1) is 0 Å². The van der Waals surface area contributed by atoms with Gasteiger partial charge in [-0.2, -0.15) is 0 Å². The van der Waals surface area contributed by atoms with E-state index in [9.17, 15) is 25.6 Å². The van der Waals surface area contributed by atoms with Gasteiger partial charge in [-0.05, 0) is 84.6 Å². The van der Waals surface area contributed by atoms with Crippen molar-refractivity contribution in [3.63, 3.8) is 0 Å². The van der Waals surface area contributed by atoms with Crippen molar-refractivity contribution in [2.75, 3.05) is 0 Å². The normalized spacial score (nSPS) is 13.6. The molecular formula is C46H42Cl2F2N2O4S2. The zero-order valence-corrected chi connectivity index (χ0v) is 34.8. The maximum Gasteiger partial charge on any atom is 0.241 e. The number of sulfonamides is 2. The Morgan fingerprint density at radius 3 is 1.03 bits per heavy atom. The quantitative estimate of drug-likeness (QED) is 0.114. The topological polar surface area (TPSA) is 92.3 Å². The third kappa shape index (κ3) is 11.6. The second-order valence-electron chi connectivity index (χ2n) is 13.6. The summed E-state index contributed by atoms with van der Waals surface area (Å²) in [6, 6.07) is 42.2. The molecule has 0 aromatic heterocycles. The van der Waals surface area contributed by atoms with Crippen LogP contribution in [0.1, 0.15) is 57.3 Å². The van der Waals surface area contributed by atoms with Gasteiger partial charge in [0.1, 0.15) is 11.7 Å². The third-order valence-corrected chi connectivity index (χ3v) is 12.8. The number of nitrogens with one attached hydrogen (secondary N) is 2. The molecule has 0 aliphatic carbocycles. The van der Waals surface area contributed by atoms with Crippen molar-refractivity contribution in [3.8, 4) is 0 Å². The molecule has 12 heteroatoms. The van der Waals surface area contributed by atoms with Gasteiger partial charge in [-0.3, -0.25) is 0 Å². The van der Waals surface area contributed by atoms with Gasteiger partial charge >= 0.3 is 0 Å². The average molecular weight is 860 g/mol. The van der Waals surface area contributed by atoms with Crippen LogP contribution in [0.2, 0.25) is 10.0 Å². The zero-order chi connectivity index (χ0) is 42.0. The third-order valence-electron chi connectivity index (χ3n) is 9.34. The maximum atomic E-state index is 14.6. The lowest BCUT2D eigenvalue weighted by Gasteiger charge is -2.28. The molecule has 0 aliphatic rings. The summed E-state index contributed by atoms with van der Waals surface area (Å²) in [5, 5.41) is 1.01. The minimum absolute atomic E-state index is 0.110. The summed E-state index contributed by atoms with van der Waals surface area (Å²) in [6.45, 7) is 10.7. The van der Waals surface area contributed by atoms with E-state index in [-0.39, 0.29) is 9.79 Å². The van der Waals surface area contributed by atoms with Crippen LogP contribution < -0.4 is 9.44 Å².